The highest BCUT2D eigenvalue weighted by Crippen LogP contribution is 2.46. The molecule has 0 unspecified atom stereocenters. The highest BCUT2D eigenvalue weighted by atomic mass is 32.1. The predicted octanol–water partition coefficient (Wildman–Crippen LogP) is 14.6. The second-order valence-corrected chi connectivity index (χ2v) is 16.7. The van der Waals surface area contributed by atoms with E-state index in [0.717, 1.165) is 44.4 Å². The van der Waals surface area contributed by atoms with Gasteiger partial charge in [0.1, 0.15) is 0 Å². The fraction of sp³-hybridized carbons (Fsp3) is 0. The summed E-state index contributed by atoms with van der Waals surface area (Å²) in [5, 5.41) is 8.49. The van der Waals surface area contributed by atoms with E-state index >= 15 is 0 Å². The molecule has 58 heavy (non-hydrogen) atoms. The van der Waals surface area contributed by atoms with Gasteiger partial charge in [0, 0.05) is 78.8 Å². The van der Waals surface area contributed by atoms with Crippen LogP contribution in [0, 0.1) is 0 Å². The molecule has 0 atom stereocenters. The van der Waals surface area contributed by atoms with Crippen LogP contribution in [0.25, 0.3) is 119 Å². The molecular weight excluding hydrogens is 745 g/mol. The number of hydrogen-bond acceptors (Lipinski definition) is 6. The van der Waals surface area contributed by atoms with Crippen molar-refractivity contribution in [2.75, 3.05) is 0 Å². The molecule has 0 fully saturated rings. The second kappa shape index (κ2) is 13.2. The Labute approximate surface area is 341 Å². The summed E-state index contributed by atoms with van der Waals surface area (Å²) in [6.45, 7) is 0. The molecule has 0 saturated carbocycles. The number of benzene rings is 8. The summed E-state index contributed by atoms with van der Waals surface area (Å²) >= 11 is 3.65. The number of hydrogen-bond donors (Lipinski definition) is 0. The first-order chi connectivity index (χ1) is 28.7. The molecule has 0 spiro atoms. The van der Waals surface area contributed by atoms with Crippen LogP contribution in [0.5, 0.6) is 0 Å². The summed E-state index contributed by atoms with van der Waals surface area (Å²) in [7, 11) is 0. The molecule has 0 radical (unpaired) electrons. The minimum atomic E-state index is 0.643. The summed E-state index contributed by atoms with van der Waals surface area (Å²) in [5.41, 5.74) is 8.32. The van der Waals surface area contributed by atoms with Gasteiger partial charge in [0.25, 0.3) is 0 Å². The van der Waals surface area contributed by atoms with Crippen molar-refractivity contribution in [3.8, 4) is 56.5 Å². The first kappa shape index (κ1) is 33.1. The Morgan fingerprint density at radius 3 is 1.78 bits per heavy atom. The van der Waals surface area contributed by atoms with Gasteiger partial charge in [0.2, 0.25) is 0 Å². The van der Waals surface area contributed by atoms with Crippen molar-refractivity contribution >= 4 is 84.7 Å². The lowest BCUT2D eigenvalue weighted by Crippen LogP contribution is -2.00. The Bertz CT molecular complexity index is 3570. The van der Waals surface area contributed by atoms with E-state index in [1.807, 2.05) is 29.5 Å². The summed E-state index contributed by atoms with van der Waals surface area (Å²) in [6.07, 6.45) is 0. The molecule has 8 aromatic carbocycles. The molecule has 4 heterocycles. The molecule has 0 saturated heterocycles. The number of pyridine rings is 1. The average Bonchev–Trinajstić information content (AvgIpc) is 3.88. The zero-order chi connectivity index (χ0) is 38.2. The molecule has 0 amide bonds. The van der Waals surface area contributed by atoms with Crippen molar-refractivity contribution < 1.29 is 0 Å². The van der Waals surface area contributed by atoms with Crippen molar-refractivity contribution in [2.24, 2.45) is 0 Å². The first-order valence-corrected chi connectivity index (χ1v) is 20.9. The lowest BCUT2D eigenvalue weighted by molar-refractivity contribution is 1.08. The smallest absolute Gasteiger partial charge is 0.164 e. The van der Waals surface area contributed by atoms with E-state index in [1.54, 1.807) is 11.3 Å². The van der Waals surface area contributed by atoms with Gasteiger partial charge in [-0.15, -0.1) is 22.7 Å². The van der Waals surface area contributed by atoms with E-state index in [4.69, 9.17) is 19.9 Å². The zero-order valence-electron chi connectivity index (χ0n) is 30.9. The highest BCUT2D eigenvalue weighted by Gasteiger charge is 2.20. The van der Waals surface area contributed by atoms with Gasteiger partial charge in [-0.25, -0.2) is 19.9 Å². The lowest BCUT2D eigenvalue weighted by atomic mass is 9.95. The third-order valence-electron chi connectivity index (χ3n) is 11.1. The molecule has 0 bridgehead atoms. The van der Waals surface area contributed by atoms with Gasteiger partial charge in [-0.3, -0.25) is 0 Å². The lowest BCUT2D eigenvalue weighted by Gasteiger charge is -2.12. The Morgan fingerprint density at radius 1 is 0.310 bits per heavy atom. The third-order valence-corrected chi connectivity index (χ3v) is 13.5. The number of fused-ring (bicyclic) bond motifs is 10. The maximum Gasteiger partial charge on any atom is 0.164 e. The van der Waals surface area contributed by atoms with Crippen LogP contribution >= 0.6 is 22.7 Å². The number of aromatic nitrogens is 4. The zero-order valence-corrected chi connectivity index (χ0v) is 32.6. The molecule has 4 nitrogen and oxygen atoms in total. The van der Waals surface area contributed by atoms with Gasteiger partial charge < -0.3 is 0 Å². The van der Waals surface area contributed by atoms with Gasteiger partial charge in [0.15, 0.2) is 17.5 Å². The van der Waals surface area contributed by atoms with E-state index in [1.165, 1.54) is 56.7 Å². The van der Waals surface area contributed by atoms with Crippen LogP contribution in [0.15, 0.2) is 182 Å². The van der Waals surface area contributed by atoms with Crippen molar-refractivity contribution in [1.82, 2.24) is 19.9 Å². The van der Waals surface area contributed by atoms with Crippen molar-refractivity contribution in [1.29, 1.82) is 0 Å². The third kappa shape index (κ3) is 5.27. The monoisotopic (exact) mass is 774 g/mol. The first-order valence-electron chi connectivity index (χ1n) is 19.3. The van der Waals surface area contributed by atoms with Crippen molar-refractivity contribution in [2.45, 2.75) is 0 Å². The summed E-state index contributed by atoms with van der Waals surface area (Å²) < 4.78 is 4.97. The fourth-order valence-electron chi connectivity index (χ4n) is 8.50. The van der Waals surface area contributed by atoms with Crippen molar-refractivity contribution in [3.05, 3.63) is 182 Å². The molecule has 0 N–H and O–H groups in total. The largest absolute Gasteiger partial charge is 0.247 e. The minimum absolute atomic E-state index is 0.643. The van der Waals surface area contributed by atoms with Crippen LogP contribution in [0.1, 0.15) is 0 Å². The van der Waals surface area contributed by atoms with Gasteiger partial charge >= 0.3 is 0 Å². The van der Waals surface area contributed by atoms with Gasteiger partial charge in [0.05, 0.1) is 11.2 Å². The molecule has 0 aliphatic carbocycles. The van der Waals surface area contributed by atoms with E-state index < -0.39 is 0 Å². The highest BCUT2D eigenvalue weighted by molar-refractivity contribution is 7.26. The Kier molecular flexibility index (Phi) is 7.55. The standard InChI is InChI=1S/C52H30N4S2/c1-3-14-31(15-4-1)48-38-28-29-44-47(46(38)36-20-7-9-25-41(36)53-48)39-23-12-22-35(49(39)58-44)33-18-11-19-34(30-33)51-54-50(32-16-5-2-6-17-32)55-52(56-51)40-24-13-27-43-45(40)37-21-8-10-26-42(37)57-43/h1-30H. The maximum atomic E-state index is 5.24. The molecular formula is C52H30N4S2. The molecule has 12 rings (SSSR count). The van der Waals surface area contributed by atoms with Gasteiger partial charge in [-0.2, -0.15) is 0 Å². The number of thiophene rings is 2. The number of para-hydroxylation sites is 1. The van der Waals surface area contributed by atoms with Crippen LogP contribution in [-0.2, 0) is 0 Å². The number of rotatable bonds is 5. The topological polar surface area (TPSA) is 51.6 Å². The SMILES string of the molecule is c1ccc(-c2nc(-c3cccc(-c4cccc5c4sc4ccc6c(-c7ccccc7)nc7ccccc7c6c45)c3)nc(-c3cccc4sc5ccccc5c34)n2)cc1. The molecule has 12 aromatic rings. The predicted molar refractivity (Wildman–Crippen MR) is 246 cm³/mol. The molecule has 4 aromatic heterocycles. The van der Waals surface area contributed by atoms with Crippen LogP contribution in [0.2, 0.25) is 0 Å². The van der Waals surface area contributed by atoms with Gasteiger partial charge in [-0.1, -0.05) is 152 Å². The van der Waals surface area contributed by atoms with E-state index in [0.29, 0.717) is 17.5 Å². The maximum absolute atomic E-state index is 5.24. The Balaban J connectivity index is 1.06. The Morgan fingerprint density at radius 2 is 0.914 bits per heavy atom. The minimum Gasteiger partial charge on any atom is -0.247 e. The van der Waals surface area contributed by atoms with Crippen LogP contribution in [0.4, 0.5) is 0 Å². The molecule has 0 aliphatic rings. The van der Waals surface area contributed by atoms with E-state index in [-0.39, 0.29) is 0 Å². The van der Waals surface area contributed by atoms with Crippen LogP contribution in [0.3, 0.4) is 0 Å². The molecule has 6 heteroatoms. The van der Waals surface area contributed by atoms with Gasteiger partial charge in [-0.05, 0) is 41.5 Å². The summed E-state index contributed by atoms with van der Waals surface area (Å²) in [6, 6.07) is 64.2. The van der Waals surface area contributed by atoms with E-state index in [2.05, 4.69) is 164 Å². The van der Waals surface area contributed by atoms with Crippen LogP contribution < -0.4 is 0 Å². The summed E-state index contributed by atoms with van der Waals surface area (Å²) in [4.78, 5) is 20.7. The second-order valence-electron chi connectivity index (χ2n) is 14.5. The summed E-state index contributed by atoms with van der Waals surface area (Å²) in [5.74, 6) is 1.96. The fourth-order valence-corrected chi connectivity index (χ4v) is 10.9. The Hall–Kier alpha value is -7.12. The normalized spacial score (nSPS) is 11.8. The molecule has 270 valence electrons. The number of nitrogens with zero attached hydrogens (tertiary/aromatic N) is 4. The molecule has 0 aliphatic heterocycles. The average molecular weight is 775 g/mol. The van der Waals surface area contributed by atoms with E-state index in [9.17, 15) is 0 Å². The van der Waals surface area contributed by atoms with Crippen molar-refractivity contribution in [3.63, 3.8) is 0 Å². The van der Waals surface area contributed by atoms with Crippen LogP contribution in [-0.4, -0.2) is 19.9 Å². The quantitative estimate of drug-likeness (QED) is 0.163.